The van der Waals surface area contributed by atoms with E-state index in [1.165, 1.54) is 98.4 Å². The highest BCUT2D eigenvalue weighted by Crippen LogP contribution is 2.57. The summed E-state index contributed by atoms with van der Waals surface area (Å²) in [6.07, 6.45) is 0. The Labute approximate surface area is 274 Å². The molecule has 9 aromatic carbocycles. The van der Waals surface area contributed by atoms with Gasteiger partial charge in [-0.3, -0.25) is 0 Å². The molecule has 0 heteroatoms. The molecule has 0 fully saturated rings. The van der Waals surface area contributed by atoms with Gasteiger partial charge in [0.15, 0.2) is 0 Å². The van der Waals surface area contributed by atoms with Crippen LogP contribution in [0.2, 0.25) is 0 Å². The van der Waals surface area contributed by atoms with Gasteiger partial charge in [0.05, 0.1) is 0 Å². The fourth-order valence-corrected chi connectivity index (χ4v) is 8.82. The van der Waals surface area contributed by atoms with E-state index in [1.807, 2.05) is 0 Å². The zero-order chi connectivity index (χ0) is 31.3. The van der Waals surface area contributed by atoms with Crippen molar-refractivity contribution >= 4 is 53.9 Å². The SMILES string of the molecule is CC1(C)c2c(cc(-c3ccc(-c4c5ccccc5cc5ccccc45)cc3)c3ccccc23)-c2c1c1ccccc1c1ccccc21. The summed E-state index contributed by atoms with van der Waals surface area (Å²) in [6, 6.07) is 58.7. The molecule has 0 saturated carbocycles. The van der Waals surface area contributed by atoms with Crippen molar-refractivity contribution in [1.29, 1.82) is 0 Å². The monoisotopic (exact) mass is 596 g/mol. The van der Waals surface area contributed by atoms with Crippen molar-refractivity contribution in [2.24, 2.45) is 0 Å². The Morgan fingerprint density at radius 2 is 0.766 bits per heavy atom. The summed E-state index contributed by atoms with van der Waals surface area (Å²) in [5.41, 5.74) is 10.6. The van der Waals surface area contributed by atoms with Crippen LogP contribution in [0.1, 0.15) is 25.0 Å². The minimum Gasteiger partial charge on any atom is -0.0616 e. The molecule has 47 heavy (non-hydrogen) atoms. The second-order valence-electron chi connectivity index (χ2n) is 13.6. The van der Waals surface area contributed by atoms with Crippen LogP contribution in [0.15, 0.2) is 158 Å². The molecule has 0 unspecified atom stereocenters. The van der Waals surface area contributed by atoms with E-state index in [4.69, 9.17) is 0 Å². The molecule has 10 rings (SSSR count). The molecule has 0 radical (unpaired) electrons. The number of hydrogen-bond acceptors (Lipinski definition) is 0. The maximum Gasteiger partial charge on any atom is 0.0171 e. The van der Waals surface area contributed by atoms with E-state index in [1.54, 1.807) is 0 Å². The van der Waals surface area contributed by atoms with E-state index in [0.717, 1.165) is 0 Å². The normalized spacial score (nSPS) is 13.5. The first-order valence-corrected chi connectivity index (χ1v) is 16.6. The van der Waals surface area contributed by atoms with Crippen molar-refractivity contribution in [2.75, 3.05) is 0 Å². The average Bonchev–Trinajstić information content (AvgIpc) is 3.37. The van der Waals surface area contributed by atoms with E-state index < -0.39 is 0 Å². The van der Waals surface area contributed by atoms with Crippen molar-refractivity contribution in [3.63, 3.8) is 0 Å². The lowest BCUT2D eigenvalue weighted by atomic mass is 9.77. The molecule has 0 aromatic heterocycles. The lowest BCUT2D eigenvalue weighted by Gasteiger charge is -2.25. The van der Waals surface area contributed by atoms with Crippen LogP contribution in [0.25, 0.3) is 87.2 Å². The predicted octanol–water partition coefficient (Wildman–Crippen LogP) is 13.1. The number of fused-ring (bicyclic) bond motifs is 12. The predicted molar refractivity (Wildman–Crippen MR) is 202 cm³/mol. The van der Waals surface area contributed by atoms with Crippen molar-refractivity contribution in [3.05, 3.63) is 169 Å². The van der Waals surface area contributed by atoms with E-state index in [9.17, 15) is 0 Å². The van der Waals surface area contributed by atoms with Gasteiger partial charge in [0.2, 0.25) is 0 Å². The van der Waals surface area contributed by atoms with E-state index in [0.29, 0.717) is 0 Å². The Balaban J connectivity index is 1.24. The zero-order valence-corrected chi connectivity index (χ0v) is 26.5. The maximum atomic E-state index is 2.49. The molecule has 220 valence electrons. The summed E-state index contributed by atoms with van der Waals surface area (Å²) >= 11 is 0. The largest absolute Gasteiger partial charge is 0.0616 e. The molecule has 0 spiro atoms. The van der Waals surface area contributed by atoms with Crippen LogP contribution in [-0.2, 0) is 5.41 Å². The van der Waals surface area contributed by atoms with Gasteiger partial charge in [0.25, 0.3) is 0 Å². The summed E-state index contributed by atoms with van der Waals surface area (Å²) in [5, 5.41) is 13.2. The van der Waals surface area contributed by atoms with Crippen LogP contribution in [0, 0.1) is 0 Å². The Kier molecular flexibility index (Phi) is 5.44. The van der Waals surface area contributed by atoms with Gasteiger partial charge in [-0.25, -0.2) is 0 Å². The Morgan fingerprint density at radius 3 is 1.38 bits per heavy atom. The summed E-state index contributed by atoms with van der Waals surface area (Å²) in [6.45, 7) is 4.85. The van der Waals surface area contributed by atoms with Crippen LogP contribution in [0.4, 0.5) is 0 Å². The van der Waals surface area contributed by atoms with Crippen LogP contribution in [0.5, 0.6) is 0 Å². The Bertz CT molecular complexity index is 2690. The third-order valence-corrected chi connectivity index (χ3v) is 10.8. The molecule has 1 aliphatic rings. The van der Waals surface area contributed by atoms with Gasteiger partial charge in [-0.2, -0.15) is 0 Å². The van der Waals surface area contributed by atoms with Gasteiger partial charge in [-0.05, 0) is 111 Å². The maximum absolute atomic E-state index is 2.49. The van der Waals surface area contributed by atoms with Gasteiger partial charge in [-0.1, -0.05) is 159 Å². The quantitative estimate of drug-likeness (QED) is 0.138. The summed E-state index contributed by atoms with van der Waals surface area (Å²) in [4.78, 5) is 0. The summed E-state index contributed by atoms with van der Waals surface area (Å²) in [7, 11) is 0. The standard InChI is InChI=1S/C47H32/c1-47(2)45-39-21-11-9-19-37(39)41(28-42(45)44-38-20-10-7-17-35(38)36-18-8-12-22-40(36)46(44)47)29-23-25-30(26-24-29)43-33-15-5-3-13-31(33)27-32-14-4-6-16-34(32)43/h3-28H,1-2H3. The minimum absolute atomic E-state index is 0.147. The molecule has 0 nitrogen and oxygen atoms in total. The first-order chi connectivity index (χ1) is 23.1. The second kappa shape index (κ2) is 9.64. The van der Waals surface area contributed by atoms with E-state index in [2.05, 4.69) is 172 Å². The summed E-state index contributed by atoms with van der Waals surface area (Å²) < 4.78 is 0. The third kappa shape index (κ3) is 3.64. The fraction of sp³-hybridized carbons (Fsp3) is 0.0638. The smallest absolute Gasteiger partial charge is 0.0171 e. The molecular formula is C47H32. The highest BCUT2D eigenvalue weighted by atomic mass is 14.4. The minimum atomic E-state index is -0.147. The highest BCUT2D eigenvalue weighted by molar-refractivity contribution is 6.20. The zero-order valence-electron chi connectivity index (χ0n) is 26.5. The average molecular weight is 597 g/mol. The number of hydrogen-bond donors (Lipinski definition) is 0. The van der Waals surface area contributed by atoms with Crippen molar-refractivity contribution in [2.45, 2.75) is 19.3 Å². The first-order valence-electron chi connectivity index (χ1n) is 16.6. The molecular weight excluding hydrogens is 565 g/mol. The number of rotatable bonds is 2. The Hall–Kier alpha value is -5.72. The Morgan fingerprint density at radius 1 is 0.319 bits per heavy atom. The van der Waals surface area contributed by atoms with Gasteiger partial charge in [0, 0.05) is 5.41 Å². The van der Waals surface area contributed by atoms with Crippen LogP contribution < -0.4 is 0 Å². The fourth-order valence-electron chi connectivity index (χ4n) is 8.82. The molecule has 0 bridgehead atoms. The van der Waals surface area contributed by atoms with E-state index >= 15 is 0 Å². The van der Waals surface area contributed by atoms with Crippen molar-refractivity contribution in [3.8, 4) is 33.4 Å². The van der Waals surface area contributed by atoms with Gasteiger partial charge in [0.1, 0.15) is 0 Å². The lowest BCUT2D eigenvalue weighted by Crippen LogP contribution is -2.16. The van der Waals surface area contributed by atoms with Gasteiger partial charge in [-0.15, -0.1) is 0 Å². The van der Waals surface area contributed by atoms with E-state index in [-0.39, 0.29) is 5.41 Å². The van der Waals surface area contributed by atoms with Gasteiger partial charge < -0.3 is 0 Å². The van der Waals surface area contributed by atoms with Crippen LogP contribution in [0.3, 0.4) is 0 Å². The molecule has 0 N–H and O–H groups in total. The highest BCUT2D eigenvalue weighted by Gasteiger charge is 2.40. The van der Waals surface area contributed by atoms with Crippen molar-refractivity contribution < 1.29 is 0 Å². The topological polar surface area (TPSA) is 0 Å². The second-order valence-corrected chi connectivity index (χ2v) is 13.6. The molecule has 9 aromatic rings. The molecule has 0 amide bonds. The molecule has 0 heterocycles. The molecule has 0 aliphatic heterocycles. The van der Waals surface area contributed by atoms with Crippen LogP contribution in [-0.4, -0.2) is 0 Å². The first kappa shape index (κ1) is 26.5. The lowest BCUT2D eigenvalue weighted by molar-refractivity contribution is 0.672. The van der Waals surface area contributed by atoms with Crippen molar-refractivity contribution in [1.82, 2.24) is 0 Å². The van der Waals surface area contributed by atoms with Crippen LogP contribution >= 0.6 is 0 Å². The molecule has 1 aliphatic carbocycles. The number of benzene rings is 9. The van der Waals surface area contributed by atoms with Gasteiger partial charge >= 0.3 is 0 Å². The molecule has 0 atom stereocenters. The molecule has 0 saturated heterocycles. The summed E-state index contributed by atoms with van der Waals surface area (Å²) in [5.74, 6) is 0. The third-order valence-electron chi connectivity index (χ3n) is 10.8.